The molecule has 0 fully saturated rings. The van der Waals surface area contributed by atoms with Crippen molar-refractivity contribution >= 4 is 16.8 Å². The number of benzene rings is 2. The van der Waals surface area contributed by atoms with Crippen molar-refractivity contribution in [2.75, 3.05) is 0 Å². The lowest BCUT2D eigenvalue weighted by atomic mass is 10.1. The van der Waals surface area contributed by atoms with Gasteiger partial charge >= 0.3 is 0 Å². The van der Waals surface area contributed by atoms with Gasteiger partial charge in [-0.1, -0.05) is 30.3 Å². The number of rotatable bonds is 3. The van der Waals surface area contributed by atoms with Crippen molar-refractivity contribution < 1.29 is 14.3 Å². The number of furan rings is 1. The van der Waals surface area contributed by atoms with Crippen LogP contribution in [0, 0.1) is 0 Å². The second-order valence-corrected chi connectivity index (χ2v) is 4.42. The Morgan fingerprint density at radius 2 is 1.89 bits per heavy atom. The minimum Gasteiger partial charge on any atom is -0.508 e. The lowest BCUT2D eigenvalue weighted by molar-refractivity contribution is 0.0968. The first-order valence-corrected chi connectivity index (χ1v) is 6.02. The largest absolute Gasteiger partial charge is 0.508 e. The second kappa shape index (κ2) is 4.61. The van der Waals surface area contributed by atoms with Gasteiger partial charge in [-0.25, -0.2) is 0 Å². The number of para-hydroxylation sites is 1. The normalized spacial score (nSPS) is 10.7. The van der Waals surface area contributed by atoms with E-state index in [1.807, 2.05) is 24.3 Å². The molecular formula is C16H12O3. The van der Waals surface area contributed by atoms with Crippen LogP contribution in [0.1, 0.15) is 16.1 Å². The molecule has 0 aliphatic carbocycles. The first-order valence-electron chi connectivity index (χ1n) is 6.02. The Morgan fingerprint density at radius 3 is 2.68 bits per heavy atom. The molecule has 3 heteroatoms. The summed E-state index contributed by atoms with van der Waals surface area (Å²) in [6.45, 7) is 0. The number of ketones is 1. The number of carbonyl (C=O) groups is 1. The third-order valence-corrected chi connectivity index (χ3v) is 2.98. The molecule has 3 aromatic rings. The van der Waals surface area contributed by atoms with Crippen LogP contribution in [-0.4, -0.2) is 10.9 Å². The fourth-order valence-corrected chi connectivity index (χ4v) is 2.06. The summed E-state index contributed by atoms with van der Waals surface area (Å²) in [7, 11) is 0. The molecule has 0 saturated heterocycles. The molecule has 2 aromatic carbocycles. The summed E-state index contributed by atoms with van der Waals surface area (Å²) in [5, 5.41) is 10.3. The molecule has 0 bridgehead atoms. The molecule has 0 atom stereocenters. The standard InChI is InChI=1S/C16H12O3/c17-13-6-3-4-11(8-13)9-14(18)16-10-12-5-1-2-7-15(12)19-16/h1-8,10,17H,9H2. The summed E-state index contributed by atoms with van der Waals surface area (Å²) < 4.78 is 5.52. The first-order chi connectivity index (χ1) is 9.22. The molecule has 1 N–H and O–H groups in total. The van der Waals surface area contributed by atoms with Gasteiger partial charge in [0.1, 0.15) is 11.3 Å². The van der Waals surface area contributed by atoms with E-state index in [9.17, 15) is 9.90 Å². The van der Waals surface area contributed by atoms with Gasteiger partial charge in [0, 0.05) is 11.8 Å². The zero-order valence-electron chi connectivity index (χ0n) is 10.2. The van der Waals surface area contributed by atoms with Crippen LogP contribution < -0.4 is 0 Å². The van der Waals surface area contributed by atoms with Crippen LogP contribution in [0.5, 0.6) is 5.75 Å². The van der Waals surface area contributed by atoms with E-state index in [-0.39, 0.29) is 18.0 Å². The Bertz CT molecular complexity index is 707. The molecule has 0 saturated carbocycles. The molecule has 0 aliphatic heterocycles. The summed E-state index contributed by atoms with van der Waals surface area (Å²) >= 11 is 0. The maximum Gasteiger partial charge on any atom is 0.202 e. The van der Waals surface area contributed by atoms with E-state index in [0.717, 1.165) is 10.9 Å². The van der Waals surface area contributed by atoms with Crippen LogP contribution in [0.4, 0.5) is 0 Å². The van der Waals surface area contributed by atoms with Crippen LogP contribution in [0.2, 0.25) is 0 Å². The molecule has 1 aromatic heterocycles. The maximum absolute atomic E-state index is 12.1. The van der Waals surface area contributed by atoms with Crippen molar-refractivity contribution in [3.05, 3.63) is 65.9 Å². The van der Waals surface area contributed by atoms with Crippen LogP contribution >= 0.6 is 0 Å². The van der Waals surface area contributed by atoms with Crippen molar-refractivity contribution in [3.63, 3.8) is 0 Å². The molecule has 0 amide bonds. The number of Topliss-reactive ketones (excluding diaryl/α,β-unsaturated/α-hetero) is 1. The number of hydrogen-bond acceptors (Lipinski definition) is 3. The molecule has 0 unspecified atom stereocenters. The van der Waals surface area contributed by atoms with E-state index >= 15 is 0 Å². The molecule has 0 radical (unpaired) electrons. The van der Waals surface area contributed by atoms with Crippen LogP contribution in [0.25, 0.3) is 11.0 Å². The third-order valence-electron chi connectivity index (χ3n) is 2.98. The Kier molecular flexibility index (Phi) is 2.80. The van der Waals surface area contributed by atoms with Gasteiger partial charge in [0.2, 0.25) is 5.78 Å². The Balaban J connectivity index is 1.87. The van der Waals surface area contributed by atoms with E-state index in [1.54, 1.807) is 30.3 Å². The average molecular weight is 252 g/mol. The van der Waals surface area contributed by atoms with E-state index in [0.29, 0.717) is 11.3 Å². The molecule has 94 valence electrons. The van der Waals surface area contributed by atoms with Gasteiger partial charge in [-0.3, -0.25) is 4.79 Å². The SMILES string of the molecule is O=C(Cc1cccc(O)c1)c1cc2ccccc2o1. The predicted octanol–water partition coefficient (Wildman–Crippen LogP) is 3.56. The molecule has 0 spiro atoms. The van der Waals surface area contributed by atoms with Crippen molar-refractivity contribution in [2.24, 2.45) is 0 Å². The molecule has 3 nitrogen and oxygen atoms in total. The molecular weight excluding hydrogens is 240 g/mol. The average Bonchev–Trinajstić information content (AvgIpc) is 2.82. The number of aromatic hydroxyl groups is 1. The quantitative estimate of drug-likeness (QED) is 0.725. The Hall–Kier alpha value is -2.55. The van der Waals surface area contributed by atoms with Crippen LogP contribution in [-0.2, 0) is 6.42 Å². The van der Waals surface area contributed by atoms with Crippen molar-refractivity contribution in [1.82, 2.24) is 0 Å². The summed E-state index contributed by atoms with van der Waals surface area (Å²) in [4.78, 5) is 12.1. The Morgan fingerprint density at radius 1 is 1.05 bits per heavy atom. The lowest BCUT2D eigenvalue weighted by Gasteiger charge is -1.99. The monoisotopic (exact) mass is 252 g/mol. The van der Waals surface area contributed by atoms with Crippen molar-refractivity contribution in [3.8, 4) is 5.75 Å². The number of phenolic OH excluding ortho intramolecular Hbond substituents is 1. The van der Waals surface area contributed by atoms with Gasteiger partial charge in [-0.2, -0.15) is 0 Å². The minimum atomic E-state index is -0.0956. The van der Waals surface area contributed by atoms with E-state index in [1.165, 1.54) is 0 Å². The highest BCUT2D eigenvalue weighted by Crippen LogP contribution is 2.20. The summed E-state index contributed by atoms with van der Waals surface area (Å²) in [6.07, 6.45) is 0.216. The molecule has 19 heavy (non-hydrogen) atoms. The number of carbonyl (C=O) groups excluding carboxylic acids is 1. The van der Waals surface area contributed by atoms with Gasteiger partial charge < -0.3 is 9.52 Å². The lowest BCUT2D eigenvalue weighted by Crippen LogP contribution is -2.01. The van der Waals surface area contributed by atoms with Crippen molar-refractivity contribution in [2.45, 2.75) is 6.42 Å². The summed E-state index contributed by atoms with van der Waals surface area (Å²) in [5.74, 6) is 0.418. The summed E-state index contributed by atoms with van der Waals surface area (Å²) in [5.41, 5.74) is 1.48. The van der Waals surface area contributed by atoms with Crippen LogP contribution in [0.15, 0.2) is 59.0 Å². The zero-order chi connectivity index (χ0) is 13.2. The topological polar surface area (TPSA) is 50.4 Å². The molecule has 3 rings (SSSR count). The fourth-order valence-electron chi connectivity index (χ4n) is 2.06. The van der Waals surface area contributed by atoms with Gasteiger partial charge in [-0.15, -0.1) is 0 Å². The Labute approximate surface area is 110 Å². The molecule has 1 heterocycles. The summed E-state index contributed by atoms with van der Waals surface area (Å²) in [6, 6.07) is 16.0. The van der Waals surface area contributed by atoms with Gasteiger partial charge in [0.25, 0.3) is 0 Å². The third kappa shape index (κ3) is 2.36. The van der Waals surface area contributed by atoms with Gasteiger partial charge in [0.05, 0.1) is 0 Å². The first kappa shape index (κ1) is 11.5. The van der Waals surface area contributed by atoms with Crippen LogP contribution in [0.3, 0.4) is 0 Å². The van der Waals surface area contributed by atoms with E-state index < -0.39 is 0 Å². The molecule has 0 aliphatic rings. The van der Waals surface area contributed by atoms with E-state index in [4.69, 9.17) is 4.42 Å². The minimum absolute atomic E-state index is 0.0956. The number of fused-ring (bicyclic) bond motifs is 1. The maximum atomic E-state index is 12.1. The number of hydrogen-bond donors (Lipinski definition) is 1. The zero-order valence-corrected chi connectivity index (χ0v) is 10.2. The highest BCUT2D eigenvalue weighted by atomic mass is 16.3. The fraction of sp³-hybridized carbons (Fsp3) is 0.0625. The smallest absolute Gasteiger partial charge is 0.202 e. The van der Waals surface area contributed by atoms with Gasteiger partial charge in [0.15, 0.2) is 5.76 Å². The van der Waals surface area contributed by atoms with Gasteiger partial charge in [-0.05, 0) is 29.8 Å². The highest BCUT2D eigenvalue weighted by Gasteiger charge is 2.12. The van der Waals surface area contributed by atoms with Crippen molar-refractivity contribution in [1.29, 1.82) is 0 Å². The number of phenols is 1. The second-order valence-electron chi connectivity index (χ2n) is 4.42. The van der Waals surface area contributed by atoms with E-state index in [2.05, 4.69) is 0 Å². The predicted molar refractivity (Wildman–Crippen MR) is 72.4 cm³/mol. The highest BCUT2D eigenvalue weighted by molar-refractivity contribution is 5.98.